The highest BCUT2D eigenvalue weighted by Crippen LogP contribution is 2.82. The molecule has 1 aromatic carbocycles. The number of hydrogen-bond donors (Lipinski definition) is 1. The van der Waals surface area contributed by atoms with Crippen LogP contribution in [0.2, 0.25) is 0 Å². The average Bonchev–Trinajstić information content (AvgIpc) is 3.04. The third-order valence-corrected chi connectivity index (χ3v) is 9.70. The van der Waals surface area contributed by atoms with Crippen LogP contribution >= 0.6 is 47.8 Å². The van der Waals surface area contributed by atoms with Gasteiger partial charge in [-0.05, 0) is 30.4 Å². The van der Waals surface area contributed by atoms with Crippen molar-refractivity contribution in [2.75, 3.05) is 12.4 Å². The highest BCUT2D eigenvalue weighted by Gasteiger charge is 2.83. The number of nitrogens with one attached hydrogen (secondary N) is 1. The normalized spacial score (nSPS) is 32.2. The van der Waals surface area contributed by atoms with Crippen molar-refractivity contribution in [3.05, 3.63) is 29.8 Å². The third kappa shape index (κ3) is 2.27. The molecule has 0 radical (unpaired) electrons. The average molecular weight is 538 g/mol. The molecular formula is C18H20Br3NO3. The summed E-state index contributed by atoms with van der Waals surface area (Å²) in [5, 5.41) is 2.99. The smallest absolute Gasteiger partial charge is 0.339 e. The Kier molecular flexibility index (Phi) is 4.91. The summed E-state index contributed by atoms with van der Waals surface area (Å²) < 4.78 is 4.94. The van der Waals surface area contributed by atoms with E-state index in [4.69, 9.17) is 4.74 Å². The summed E-state index contributed by atoms with van der Waals surface area (Å²) in [4.78, 5) is 25.3. The fraction of sp³-hybridized carbons (Fsp3) is 0.556. The largest absolute Gasteiger partial charge is 0.465 e. The summed E-state index contributed by atoms with van der Waals surface area (Å²) >= 11 is 11.2. The number of fused-ring (bicyclic) bond motifs is 1. The van der Waals surface area contributed by atoms with E-state index >= 15 is 0 Å². The maximum atomic E-state index is 13.3. The number of hydrogen-bond acceptors (Lipinski definition) is 3. The molecule has 0 heterocycles. The van der Waals surface area contributed by atoms with E-state index in [-0.39, 0.29) is 25.3 Å². The number of ether oxygens (including phenoxy) is 1. The summed E-state index contributed by atoms with van der Waals surface area (Å²) in [6.45, 7) is 4.30. The summed E-state index contributed by atoms with van der Waals surface area (Å²) in [7, 11) is 1.33. The first-order valence-corrected chi connectivity index (χ1v) is 10.8. The molecule has 2 bridgehead atoms. The van der Waals surface area contributed by atoms with Crippen molar-refractivity contribution in [2.24, 2.45) is 16.2 Å². The minimum atomic E-state index is -0.518. The van der Waals surface area contributed by atoms with E-state index in [2.05, 4.69) is 67.0 Å². The van der Waals surface area contributed by atoms with Crippen molar-refractivity contribution in [2.45, 2.75) is 35.3 Å². The Morgan fingerprint density at radius 2 is 1.88 bits per heavy atom. The Hall–Kier alpha value is -0.400. The highest BCUT2D eigenvalue weighted by molar-refractivity contribution is 9.24. The molecule has 3 atom stereocenters. The topological polar surface area (TPSA) is 55.4 Å². The molecule has 0 aromatic heterocycles. The first-order valence-electron chi connectivity index (χ1n) is 8.08. The standard InChI is InChI=1S/C18H20Br3NO3/c1-16(2)17(14(20)21)8-9-18(16,13(17)19)15(24)22-11-7-5-4-6-10(11)12(23)25-3/h4-7,13-14H,8-9H2,1-3H3,(H,22,24). The molecule has 4 nitrogen and oxygen atoms in total. The van der Waals surface area contributed by atoms with Gasteiger partial charge in [0, 0.05) is 10.2 Å². The number of para-hydroxylation sites is 1. The Labute approximate surface area is 172 Å². The van der Waals surface area contributed by atoms with Crippen molar-refractivity contribution < 1.29 is 14.3 Å². The number of alkyl halides is 3. The van der Waals surface area contributed by atoms with E-state index in [9.17, 15) is 9.59 Å². The Morgan fingerprint density at radius 1 is 1.24 bits per heavy atom. The van der Waals surface area contributed by atoms with Crippen LogP contribution < -0.4 is 5.32 Å². The zero-order valence-electron chi connectivity index (χ0n) is 14.2. The number of methoxy groups -OCH3 is 1. The van der Waals surface area contributed by atoms with Gasteiger partial charge in [0.05, 0.1) is 27.5 Å². The zero-order chi connectivity index (χ0) is 18.6. The van der Waals surface area contributed by atoms with Gasteiger partial charge in [-0.15, -0.1) is 0 Å². The van der Waals surface area contributed by atoms with Gasteiger partial charge in [0.2, 0.25) is 5.91 Å². The molecule has 3 unspecified atom stereocenters. The van der Waals surface area contributed by atoms with E-state index in [1.165, 1.54) is 7.11 Å². The molecule has 3 saturated carbocycles. The van der Waals surface area contributed by atoms with Crippen molar-refractivity contribution in [1.82, 2.24) is 0 Å². The van der Waals surface area contributed by atoms with Gasteiger partial charge < -0.3 is 10.1 Å². The van der Waals surface area contributed by atoms with Gasteiger partial charge in [0.25, 0.3) is 0 Å². The van der Waals surface area contributed by atoms with Crippen molar-refractivity contribution >= 4 is 65.4 Å². The fourth-order valence-electron chi connectivity index (χ4n) is 4.81. The molecule has 7 heteroatoms. The van der Waals surface area contributed by atoms with E-state index < -0.39 is 11.4 Å². The molecule has 136 valence electrons. The van der Waals surface area contributed by atoms with E-state index in [1.54, 1.807) is 24.3 Å². The fourth-order valence-corrected chi connectivity index (χ4v) is 9.73. The number of anilines is 1. The highest BCUT2D eigenvalue weighted by atomic mass is 79.9. The molecule has 4 rings (SSSR count). The number of carbonyl (C=O) groups is 2. The first kappa shape index (κ1) is 19.4. The number of benzene rings is 1. The summed E-state index contributed by atoms with van der Waals surface area (Å²) in [6.07, 6.45) is 1.75. The molecule has 3 aliphatic carbocycles. The second-order valence-corrected chi connectivity index (χ2v) is 11.3. The molecule has 0 aliphatic heterocycles. The lowest BCUT2D eigenvalue weighted by atomic mass is 9.43. The van der Waals surface area contributed by atoms with Crippen molar-refractivity contribution in [3.63, 3.8) is 0 Å². The number of amides is 1. The van der Waals surface area contributed by atoms with Gasteiger partial charge in [0.15, 0.2) is 0 Å². The summed E-state index contributed by atoms with van der Waals surface area (Å²) in [6, 6.07) is 6.93. The lowest BCUT2D eigenvalue weighted by Gasteiger charge is -2.66. The lowest BCUT2D eigenvalue weighted by Crippen LogP contribution is -2.71. The number of rotatable bonds is 4. The predicted octanol–water partition coefficient (Wildman–Crippen LogP) is 5.10. The second-order valence-electron chi connectivity index (χ2n) is 7.29. The first-order chi connectivity index (χ1) is 11.7. The predicted molar refractivity (Wildman–Crippen MR) is 109 cm³/mol. The molecule has 1 aromatic rings. The Balaban J connectivity index is 1.93. The number of halogens is 3. The van der Waals surface area contributed by atoms with Crippen LogP contribution in [0.1, 0.15) is 37.0 Å². The zero-order valence-corrected chi connectivity index (χ0v) is 19.0. The molecule has 1 N–H and O–H groups in total. The van der Waals surface area contributed by atoms with Crippen molar-refractivity contribution in [3.8, 4) is 0 Å². The molecule has 1 amide bonds. The van der Waals surface area contributed by atoms with Crippen LogP contribution in [0.15, 0.2) is 24.3 Å². The van der Waals surface area contributed by atoms with Gasteiger partial charge >= 0.3 is 5.97 Å². The monoisotopic (exact) mass is 535 g/mol. The third-order valence-electron chi connectivity index (χ3n) is 6.47. The number of esters is 1. The minimum Gasteiger partial charge on any atom is -0.465 e. The maximum Gasteiger partial charge on any atom is 0.339 e. The van der Waals surface area contributed by atoms with Gasteiger partial charge in [-0.2, -0.15) is 0 Å². The number of carbonyl (C=O) groups excluding carboxylic acids is 2. The molecule has 3 aliphatic rings. The summed E-state index contributed by atoms with van der Waals surface area (Å²) in [5.74, 6) is -0.511. The van der Waals surface area contributed by atoms with Gasteiger partial charge in [0.1, 0.15) is 0 Å². The Morgan fingerprint density at radius 3 is 2.40 bits per heavy atom. The minimum absolute atomic E-state index is 0.0355. The van der Waals surface area contributed by atoms with Gasteiger partial charge in [-0.25, -0.2) is 4.79 Å². The van der Waals surface area contributed by atoms with Crippen LogP contribution in [-0.2, 0) is 9.53 Å². The SMILES string of the molecule is COC(=O)c1ccccc1NC(=O)C12CCC(C(Br)Br)(C1Br)C2(C)C. The van der Waals surface area contributed by atoms with Crippen LogP contribution in [-0.4, -0.2) is 27.5 Å². The van der Waals surface area contributed by atoms with Crippen LogP contribution in [0.5, 0.6) is 0 Å². The van der Waals surface area contributed by atoms with Crippen LogP contribution in [0.3, 0.4) is 0 Å². The van der Waals surface area contributed by atoms with Crippen molar-refractivity contribution in [1.29, 1.82) is 0 Å². The molecule has 3 fully saturated rings. The van der Waals surface area contributed by atoms with E-state index in [1.807, 2.05) is 0 Å². The van der Waals surface area contributed by atoms with Gasteiger partial charge in [-0.1, -0.05) is 73.8 Å². The second kappa shape index (κ2) is 6.34. The quantitative estimate of drug-likeness (QED) is 0.429. The van der Waals surface area contributed by atoms with Crippen LogP contribution in [0, 0.1) is 16.2 Å². The molecular weight excluding hydrogens is 518 g/mol. The van der Waals surface area contributed by atoms with E-state index in [0.717, 1.165) is 12.8 Å². The Bertz CT molecular complexity index is 736. The van der Waals surface area contributed by atoms with E-state index in [0.29, 0.717) is 11.3 Å². The summed E-state index contributed by atoms with van der Waals surface area (Å²) in [5.41, 5.74) is 0.0993. The van der Waals surface area contributed by atoms with Crippen LogP contribution in [0.4, 0.5) is 5.69 Å². The molecule has 0 spiro atoms. The molecule has 0 saturated heterocycles. The van der Waals surface area contributed by atoms with Crippen LogP contribution in [0.25, 0.3) is 0 Å². The maximum absolute atomic E-state index is 13.3. The van der Waals surface area contributed by atoms with Gasteiger partial charge in [-0.3, -0.25) is 4.79 Å². The lowest BCUT2D eigenvalue weighted by molar-refractivity contribution is -0.155. The molecule has 25 heavy (non-hydrogen) atoms.